The fourth-order valence-electron chi connectivity index (χ4n) is 4.14. The molecule has 0 bridgehead atoms. The number of aromatic nitrogens is 2. The first kappa shape index (κ1) is 19.0. The van der Waals surface area contributed by atoms with Crippen molar-refractivity contribution in [3.8, 4) is 11.1 Å². The number of carbonyl (C=O) groups excluding carboxylic acids is 2. The number of hydrogen-bond donors (Lipinski definition) is 3. The van der Waals surface area contributed by atoms with E-state index in [0.29, 0.717) is 30.8 Å². The molecule has 31 heavy (non-hydrogen) atoms. The molecule has 1 aliphatic rings. The number of aromatic amines is 1. The van der Waals surface area contributed by atoms with Crippen molar-refractivity contribution in [1.82, 2.24) is 20.3 Å². The lowest BCUT2D eigenvalue weighted by atomic mass is 9.99. The normalized spacial score (nSPS) is 13.1. The molecule has 3 heterocycles. The molecule has 3 N–H and O–H groups in total. The van der Waals surface area contributed by atoms with Crippen LogP contribution < -0.4 is 5.48 Å². The molecule has 0 fully saturated rings. The lowest BCUT2D eigenvalue weighted by molar-refractivity contribution is 0.0700. The van der Waals surface area contributed by atoms with E-state index in [0.717, 1.165) is 33.3 Å². The Bertz CT molecular complexity index is 1300. The molecular formula is C24H20N4O3. The van der Waals surface area contributed by atoms with Gasteiger partial charge in [0.2, 0.25) is 0 Å². The van der Waals surface area contributed by atoms with Crippen molar-refractivity contribution in [3.05, 3.63) is 89.4 Å². The first-order chi connectivity index (χ1) is 15.2. The van der Waals surface area contributed by atoms with E-state index < -0.39 is 5.91 Å². The van der Waals surface area contributed by atoms with E-state index in [1.807, 2.05) is 54.6 Å². The Labute approximate surface area is 178 Å². The fraction of sp³-hybridized carbons (Fsp3) is 0.125. The molecule has 0 saturated heterocycles. The Morgan fingerprint density at radius 1 is 1.06 bits per heavy atom. The number of hydroxylamine groups is 1. The standard InChI is InChI=1S/C24H20N4O3/c29-23(27-31)17-12-16-10-11-28(14-20(16)25-13-17)24(30)22-21(15-6-2-1-3-7-15)18-8-4-5-9-19(18)26-22/h1-9,12-13,26,31H,10-11,14H2,(H,27,29). The van der Waals surface area contributed by atoms with E-state index in [2.05, 4.69) is 9.97 Å². The topological polar surface area (TPSA) is 98.3 Å². The summed E-state index contributed by atoms with van der Waals surface area (Å²) in [6.45, 7) is 0.875. The summed E-state index contributed by atoms with van der Waals surface area (Å²) in [5, 5.41) is 9.84. The second-order valence-electron chi connectivity index (χ2n) is 7.53. The maximum Gasteiger partial charge on any atom is 0.276 e. The summed E-state index contributed by atoms with van der Waals surface area (Å²) >= 11 is 0. The molecule has 4 aromatic rings. The van der Waals surface area contributed by atoms with Gasteiger partial charge in [-0.25, -0.2) is 5.48 Å². The summed E-state index contributed by atoms with van der Waals surface area (Å²) in [4.78, 5) is 34.7. The van der Waals surface area contributed by atoms with Crippen molar-refractivity contribution in [2.24, 2.45) is 0 Å². The van der Waals surface area contributed by atoms with Crippen molar-refractivity contribution in [2.75, 3.05) is 6.54 Å². The predicted octanol–water partition coefficient (Wildman–Crippen LogP) is 3.55. The molecule has 7 nitrogen and oxygen atoms in total. The molecule has 0 spiro atoms. The van der Waals surface area contributed by atoms with E-state index >= 15 is 0 Å². The van der Waals surface area contributed by atoms with E-state index in [-0.39, 0.29) is 5.91 Å². The van der Waals surface area contributed by atoms with Gasteiger partial charge in [0.15, 0.2) is 0 Å². The Morgan fingerprint density at radius 2 is 1.84 bits per heavy atom. The molecule has 1 aliphatic heterocycles. The smallest absolute Gasteiger partial charge is 0.276 e. The molecule has 5 rings (SSSR count). The molecule has 7 heteroatoms. The summed E-state index contributed by atoms with van der Waals surface area (Å²) in [5.41, 5.74) is 6.94. The number of fused-ring (bicyclic) bond motifs is 2. The summed E-state index contributed by atoms with van der Waals surface area (Å²) in [5.74, 6) is -0.681. The molecule has 0 unspecified atom stereocenters. The minimum Gasteiger partial charge on any atom is -0.350 e. The van der Waals surface area contributed by atoms with Gasteiger partial charge in [0.25, 0.3) is 11.8 Å². The van der Waals surface area contributed by atoms with E-state index in [1.165, 1.54) is 6.20 Å². The van der Waals surface area contributed by atoms with Gasteiger partial charge in [-0.1, -0.05) is 48.5 Å². The maximum absolute atomic E-state index is 13.6. The highest BCUT2D eigenvalue weighted by atomic mass is 16.5. The summed E-state index contributed by atoms with van der Waals surface area (Å²) in [7, 11) is 0. The third-order valence-corrected chi connectivity index (χ3v) is 5.68. The van der Waals surface area contributed by atoms with Crippen LogP contribution in [0.3, 0.4) is 0 Å². The maximum atomic E-state index is 13.6. The van der Waals surface area contributed by atoms with Crippen LogP contribution in [0.25, 0.3) is 22.0 Å². The summed E-state index contributed by atoms with van der Waals surface area (Å²) in [6.07, 6.45) is 2.00. The Balaban J connectivity index is 1.51. The monoisotopic (exact) mass is 412 g/mol. The number of para-hydroxylation sites is 1. The van der Waals surface area contributed by atoms with Crippen LogP contribution in [-0.2, 0) is 13.0 Å². The van der Waals surface area contributed by atoms with Gasteiger partial charge < -0.3 is 9.88 Å². The third kappa shape index (κ3) is 3.35. The average molecular weight is 412 g/mol. The van der Waals surface area contributed by atoms with Crippen LogP contribution in [0.1, 0.15) is 32.1 Å². The molecule has 0 atom stereocenters. The number of amides is 2. The van der Waals surface area contributed by atoms with E-state index in [4.69, 9.17) is 5.21 Å². The molecule has 2 aromatic heterocycles. The molecule has 154 valence electrons. The molecule has 0 saturated carbocycles. The van der Waals surface area contributed by atoms with Gasteiger partial charge in [-0.15, -0.1) is 0 Å². The number of H-pyrrole nitrogens is 1. The number of rotatable bonds is 3. The molecular weight excluding hydrogens is 392 g/mol. The summed E-state index contributed by atoms with van der Waals surface area (Å²) < 4.78 is 0. The van der Waals surface area contributed by atoms with Gasteiger partial charge in [0.05, 0.1) is 17.8 Å². The van der Waals surface area contributed by atoms with E-state index in [9.17, 15) is 9.59 Å². The largest absolute Gasteiger partial charge is 0.350 e. The second kappa shape index (κ2) is 7.70. The molecule has 2 amide bonds. The Morgan fingerprint density at radius 3 is 2.65 bits per heavy atom. The van der Waals surface area contributed by atoms with Crippen molar-refractivity contribution in [1.29, 1.82) is 0 Å². The zero-order chi connectivity index (χ0) is 21.4. The number of nitrogens with zero attached hydrogens (tertiary/aromatic N) is 2. The number of benzene rings is 2. The SMILES string of the molecule is O=C(NO)c1cnc2c(c1)CCN(C(=O)c1[nH]c3ccccc3c1-c1ccccc1)C2. The quantitative estimate of drug-likeness (QED) is 0.354. The lowest BCUT2D eigenvalue weighted by Crippen LogP contribution is -2.37. The second-order valence-corrected chi connectivity index (χ2v) is 7.53. The molecule has 2 aromatic carbocycles. The van der Waals surface area contributed by atoms with Crippen LogP contribution in [0.15, 0.2) is 66.9 Å². The fourth-order valence-corrected chi connectivity index (χ4v) is 4.14. The van der Waals surface area contributed by atoms with Crippen molar-refractivity contribution < 1.29 is 14.8 Å². The Kier molecular flexibility index (Phi) is 4.72. The number of hydrogen-bond acceptors (Lipinski definition) is 4. The van der Waals surface area contributed by atoms with Crippen LogP contribution in [0.5, 0.6) is 0 Å². The number of carbonyl (C=O) groups is 2. The molecule has 0 aliphatic carbocycles. The lowest BCUT2D eigenvalue weighted by Gasteiger charge is -2.28. The zero-order valence-electron chi connectivity index (χ0n) is 16.6. The van der Waals surface area contributed by atoms with Gasteiger partial charge in [0.1, 0.15) is 5.69 Å². The first-order valence-corrected chi connectivity index (χ1v) is 10.0. The first-order valence-electron chi connectivity index (χ1n) is 10.0. The van der Waals surface area contributed by atoms with Crippen LogP contribution in [0, 0.1) is 0 Å². The minimum atomic E-state index is -0.598. The third-order valence-electron chi connectivity index (χ3n) is 5.68. The van der Waals surface area contributed by atoms with Crippen molar-refractivity contribution in [3.63, 3.8) is 0 Å². The van der Waals surface area contributed by atoms with Gasteiger partial charge in [-0.05, 0) is 29.7 Å². The highest BCUT2D eigenvalue weighted by molar-refractivity contribution is 6.09. The Hall–Kier alpha value is -3.97. The summed E-state index contributed by atoms with van der Waals surface area (Å²) in [6, 6.07) is 19.5. The van der Waals surface area contributed by atoms with Crippen molar-refractivity contribution >= 4 is 22.7 Å². The zero-order valence-corrected chi connectivity index (χ0v) is 16.6. The molecule has 0 radical (unpaired) electrons. The highest BCUT2D eigenvalue weighted by Crippen LogP contribution is 2.33. The predicted molar refractivity (Wildman–Crippen MR) is 116 cm³/mol. The highest BCUT2D eigenvalue weighted by Gasteiger charge is 2.27. The average Bonchev–Trinajstić information content (AvgIpc) is 3.22. The van der Waals surface area contributed by atoms with Gasteiger partial charge >= 0.3 is 0 Å². The van der Waals surface area contributed by atoms with Crippen LogP contribution in [0.2, 0.25) is 0 Å². The minimum absolute atomic E-state index is 0.0836. The van der Waals surface area contributed by atoms with E-state index in [1.54, 1.807) is 16.4 Å². The van der Waals surface area contributed by atoms with Gasteiger partial charge in [-0.3, -0.25) is 19.8 Å². The van der Waals surface area contributed by atoms with Gasteiger partial charge in [-0.2, -0.15) is 0 Å². The van der Waals surface area contributed by atoms with Gasteiger partial charge in [0, 0.05) is 29.2 Å². The van der Waals surface area contributed by atoms with Crippen molar-refractivity contribution in [2.45, 2.75) is 13.0 Å². The van der Waals surface area contributed by atoms with Crippen LogP contribution >= 0.6 is 0 Å². The van der Waals surface area contributed by atoms with Crippen LogP contribution in [-0.4, -0.2) is 38.4 Å². The number of pyridine rings is 1. The van der Waals surface area contributed by atoms with Crippen LogP contribution in [0.4, 0.5) is 0 Å². The number of nitrogens with one attached hydrogen (secondary N) is 2.